The Balaban J connectivity index is 3.74. The van der Waals surface area contributed by atoms with Gasteiger partial charge in [-0.25, -0.2) is 0 Å². The van der Waals surface area contributed by atoms with Gasteiger partial charge in [-0.3, -0.25) is 14.4 Å². The van der Waals surface area contributed by atoms with Gasteiger partial charge in [-0.05, 0) is 13.3 Å². The van der Waals surface area contributed by atoms with Crippen LogP contribution in [0.3, 0.4) is 0 Å². The first-order valence-electron chi connectivity index (χ1n) is 4.12. The normalized spacial score (nSPS) is 14.1. The molecule has 0 saturated heterocycles. The third kappa shape index (κ3) is 5.26. The van der Waals surface area contributed by atoms with E-state index in [1.165, 1.54) is 6.92 Å². The van der Waals surface area contributed by atoms with Gasteiger partial charge in [0.25, 0.3) is 0 Å². The molecule has 0 fully saturated rings. The van der Waals surface area contributed by atoms with Crippen molar-refractivity contribution in [2.24, 2.45) is 5.73 Å². The Hall–Kier alpha value is -1.43. The lowest BCUT2D eigenvalue weighted by Crippen LogP contribution is -2.36. The number of carboxylic acid groups (broad SMARTS) is 1. The van der Waals surface area contributed by atoms with Crippen molar-refractivity contribution in [3.05, 3.63) is 0 Å². The van der Waals surface area contributed by atoms with Crippen molar-refractivity contribution in [1.82, 2.24) is 5.32 Å². The van der Waals surface area contributed by atoms with Crippen molar-refractivity contribution >= 4 is 18.2 Å². The summed E-state index contributed by atoms with van der Waals surface area (Å²) in [5, 5.41) is 10.7. The van der Waals surface area contributed by atoms with Crippen LogP contribution in [-0.2, 0) is 14.4 Å². The van der Waals surface area contributed by atoms with Crippen molar-refractivity contribution in [3.8, 4) is 0 Å². The van der Waals surface area contributed by atoms with Crippen LogP contribution in [0.1, 0.15) is 19.8 Å². The monoisotopic (exact) mass is 201 g/mol. The Labute approximate surface area is 81.5 Å². The molecule has 2 atom stereocenters. The molecule has 1 amide bonds. The first kappa shape index (κ1) is 12.6. The second-order valence-corrected chi connectivity index (χ2v) is 2.89. The molecule has 0 unspecified atom stereocenters. The van der Waals surface area contributed by atoms with Gasteiger partial charge < -0.3 is 16.2 Å². The van der Waals surface area contributed by atoms with Gasteiger partial charge in [0.05, 0.1) is 6.04 Å². The maximum atomic E-state index is 11.0. The zero-order valence-electron chi connectivity index (χ0n) is 7.82. The second kappa shape index (κ2) is 6.09. The number of carbonyl (C=O) groups is 2. The molecule has 0 aromatic rings. The van der Waals surface area contributed by atoms with Crippen molar-refractivity contribution in [3.63, 3.8) is 0 Å². The van der Waals surface area contributed by atoms with Crippen LogP contribution in [0.5, 0.6) is 0 Å². The van der Waals surface area contributed by atoms with Gasteiger partial charge in [-0.15, -0.1) is 0 Å². The number of hydrogen-bond acceptors (Lipinski definition) is 4. The van der Waals surface area contributed by atoms with E-state index in [1.54, 1.807) is 6.29 Å². The molecule has 0 saturated carbocycles. The van der Waals surface area contributed by atoms with Gasteiger partial charge in [-0.2, -0.15) is 0 Å². The predicted molar refractivity (Wildman–Crippen MR) is 48.1 cm³/mol. The molecule has 0 aliphatic rings. The van der Waals surface area contributed by atoms with Gasteiger partial charge in [0.1, 0.15) is 6.04 Å². The van der Waals surface area contributed by atoms with E-state index in [1.807, 2.05) is 0 Å². The summed E-state index contributed by atoms with van der Waals surface area (Å²) in [6.45, 7) is 1.47. The number of rotatable bonds is 6. The van der Waals surface area contributed by atoms with E-state index in [0.717, 1.165) is 0 Å². The van der Waals surface area contributed by atoms with Crippen LogP contribution in [-0.4, -0.2) is 35.4 Å². The van der Waals surface area contributed by atoms with Gasteiger partial charge in [0.2, 0.25) is 12.2 Å². The molecule has 0 aromatic carbocycles. The highest BCUT2D eigenvalue weighted by atomic mass is 16.4. The smallest absolute Gasteiger partial charge is 0.320 e. The Morgan fingerprint density at radius 3 is 2.57 bits per heavy atom. The van der Waals surface area contributed by atoms with Crippen molar-refractivity contribution in [2.75, 3.05) is 0 Å². The Bertz CT molecular complexity index is 229. The molecule has 14 heavy (non-hydrogen) atoms. The molecule has 0 rings (SSSR count). The zero-order valence-corrected chi connectivity index (χ0v) is 7.82. The minimum atomic E-state index is -1.15. The number of amides is 1. The van der Waals surface area contributed by atoms with Crippen LogP contribution in [0.15, 0.2) is 0 Å². The highest BCUT2D eigenvalue weighted by molar-refractivity contribution is 5.80. The van der Waals surface area contributed by atoms with E-state index >= 15 is 0 Å². The molecular weight excluding hydrogens is 188 g/mol. The topological polar surface area (TPSA) is 109 Å². The minimum Gasteiger partial charge on any atom is -0.480 e. The fourth-order valence-corrected chi connectivity index (χ4v) is 0.753. The summed E-state index contributed by atoms with van der Waals surface area (Å²) >= 11 is 0. The predicted octanol–water partition coefficient (Wildman–Crippen LogP) is -1.21. The summed E-state index contributed by atoms with van der Waals surface area (Å²) in [6, 6.07) is -1.72. The number of hydrogen-bond donors (Lipinski definition) is 3. The van der Waals surface area contributed by atoms with E-state index in [4.69, 9.17) is 10.8 Å². The maximum absolute atomic E-state index is 11.0. The molecule has 4 N–H and O–H groups in total. The number of carbonyl (C=O) groups excluding carboxylic acids is 2. The number of nitrogens with one attached hydrogen (secondary N) is 1. The van der Waals surface area contributed by atoms with Crippen LogP contribution < -0.4 is 11.1 Å². The third-order valence-electron chi connectivity index (χ3n) is 1.55. The van der Waals surface area contributed by atoms with Crippen LogP contribution >= 0.6 is 0 Å². The van der Waals surface area contributed by atoms with E-state index in [9.17, 15) is 14.4 Å². The quantitative estimate of drug-likeness (QED) is 0.499. The molecule has 0 spiro atoms. The standard InChI is InChI=1S/C8H13N2O4/c1-5(4-11)10-7(12)3-2-6(9)8(13)14/h5-6H,2-3,9H2,1H3,(H,10,12)(H,13,14)/t5-,6-/m1/s1. The van der Waals surface area contributed by atoms with Crippen LogP contribution in [0, 0.1) is 0 Å². The lowest BCUT2D eigenvalue weighted by Gasteiger charge is -2.08. The lowest BCUT2D eigenvalue weighted by atomic mass is 10.1. The van der Waals surface area contributed by atoms with Crippen molar-refractivity contribution in [2.45, 2.75) is 31.8 Å². The Morgan fingerprint density at radius 1 is 1.57 bits per heavy atom. The molecule has 0 bridgehead atoms. The Kier molecular flexibility index (Phi) is 5.47. The van der Waals surface area contributed by atoms with Gasteiger partial charge >= 0.3 is 5.97 Å². The summed E-state index contributed by atoms with van der Waals surface area (Å²) in [7, 11) is 0. The highest BCUT2D eigenvalue weighted by Crippen LogP contribution is 1.95. The second-order valence-electron chi connectivity index (χ2n) is 2.89. The van der Waals surface area contributed by atoms with Crippen LogP contribution in [0.2, 0.25) is 0 Å². The molecule has 0 aliphatic heterocycles. The summed E-state index contributed by atoms with van der Waals surface area (Å²) in [5.74, 6) is -1.55. The van der Waals surface area contributed by atoms with Crippen molar-refractivity contribution < 1.29 is 19.5 Å². The highest BCUT2D eigenvalue weighted by Gasteiger charge is 2.14. The molecule has 6 nitrogen and oxygen atoms in total. The Morgan fingerprint density at radius 2 is 2.14 bits per heavy atom. The first-order valence-corrected chi connectivity index (χ1v) is 4.12. The lowest BCUT2D eigenvalue weighted by molar-refractivity contribution is -0.138. The average Bonchev–Trinajstić information content (AvgIpc) is 2.13. The average molecular weight is 201 g/mol. The fraction of sp³-hybridized carbons (Fsp3) is 0.625. The van der Waals surface area contributed by atoms with Crippen LogP contribution in [0.25, 0.3) is 0 Å². The fourth-order valence-electron chi connectivity index (χ4n) is 0.753. The number of nitrogens with two attached hydrogens (primary N) is 1. The number of carboxylic acids is 1. The molecule has 1 radical (unpaired) electrons. The zero-order chi connectivity index (χ0) is 11.1. The van der Waals surface area contributed by atoms with Crippen molar-refractivity contribution in [1.29, 1.82) is 0 Å². The summed E-state index contributed by atoms with van der Waals surface area (Å²) in [5.41, 5.74) is 5.17. The minimum absolute atomic E-state index is 0.0144. The van der Waals surface area contributed by atoms with Crippen LogP contribution in [0.4, 0.5) is 0 Å². The molecular formula is C8H13N2O4. The molecule has 0 aliphatic carbocycles. The van der Waals surface area contributed by atoms with Gasteiger partial charge in [-0.1, -0.05) is 0 Å². The van der Waals surface area contributed by atoms with Gasteiger partial charge in [0.15, 0.2) is 0 Å². The SMILES string of the molecule is C[C@H]([C]=O)NC(=O)CC[C@@H](N)C(=O)O. The number of aliphatic carboxylic acids is 1. The summed E-state index contributed by atoms with van der Waals surface area (Å²) in [4.78, 5) is 31.3. The first-order chi connectivity index (χ1) is 6.47. The van der Waals surface area contributed by atoms with E-state index in [-0.39, 0.29) is 12.8 Å². The largest absolute Gasteiger partial charge is 0.480 e. The third-order valence-corrected chi connectivity index (χ3v) is 1.55. The van der Waals surface area contributed by atoms with Gasteiger partial charge in [0, 0.05) is 6.42 Å². The van der Waals surface area contributed by atoms with E-state index in [0.29, 0.717) is 0 Å². The van der Waals surface area contributed by atoms with E-state index < -0.39 is 24.0 Å². The molecule has 0 aromatic heterocycles. The van der Waals surface area contributed by atoms with E-state index in [2.05, 4.69) is 5.32 Å². The molecule has 0 heterocycles. The maximum Gasteiger partial charge on any atom is 0.320 e. The summed E-state index contributed by atoms with van der Waals surface area (Å²) in [6.07, 6.45) is 1.61. The summed E-state index contributed by atoms with van der Waals surface area (Å²) < 4.78 is 0. The molecule has 6 heteroatoms. The molecule has 79 valence electrons.